The van der Waals surface area contributed by atoms with Crippen molar-refractivity contribution in [3.05, 3.63) is 28.8 Å². The van der Waals surface area contributed by atoms with Gasteiger partial charge in [0.2, 0.25) is 0 Å². The van der Waals surface area contributed by atoms with Gasteiger partial charge in [0.1, 0.15) is 5.75 Å². The summed E-state index contributed by atoms with van der Waals surface area (Å²) in [5, 5.41) is 0.623. The zero-order valence-corrected chi connectivity index (χ0v) is 13.2. The van der Waals surface area contributed by atoms with Gasteiger partial charge in [-0.1, -0.05) is 17.7 Å². The maximum Gasteiger partial charge on any atom is 0.137 e. The normalized spacial score (nSPS) is 22.8. The highest BCUT2D eigenvalue weighted by molar-refractivity contribution is 6.32. The van der Waals surface area contributed by atoms with Crippen LogP contribution in [-0.2, 0) is 0 Å². The largest absolute Gasteiger partial charge is 0.495 e. The van der Waals surface area contributed by atoms with Crippen LogP contribution in [0.4, 0.5) is 0 Å². The van der Waals surface area contributed by atoms with Crippen molar-refractivity contribution in [1.29, 1.82) is 0 Å². The van der Waals surface area contributed by atoms with Crippen molar-refractivity contribution in [2.75, 3.05) is 40.8 Å². The second-order valence-electron chi connectivity index (χ2n) is 5.63. The number of methoxy groups -OCH3 is 1. The van der Waals surface area contributed by atoms with E-state index in [0.717, 1.165) is 31.6 Å². The van der Waals surface area contributed by atoms with E-state index in [2.05, 4.69) is 23.9 Å². The first kappa shape index (κ1) is 15.6. The molecule has 2 unspecified atom stereocenters. The van der Waals surface area contributed by atoms with Crippen LogP contribution in [0.15, 0.2) is 18.2 Å². The Labute approximate surface area is 126 Å². The Kier molecular flexibility index (Phi) is 5.27. The number of benzene rings is 1. The standard InChI is InChI=1S/C15H24ClN3O/c1-18-6-7-19(2)12(10-18)9-14(17)11-4-5-13(16)15(8-11)20-3/h4-5,8,12,14H,6-7,9-10,17H2,1-3H3. The molecule has 1 heterocycles. The minimum atomic E-state index is 0.000108. The number of nitrogens with two attached hydrogens (primary N) is 1. The molecule has 1 aliphatic heterocycles. The van der Waals surface area contributed by atoms with Crippen LogP contribution in [0.25, 0.3) is 0 Å². The van der Waals surface area contributed by atoms with Crippen molar-refractivity contribution >= 4 is 11.6 Å². The molecule has 112 valence electrons. The van der Waals surface area contributed by atoms with Gasteiger partial charge in [0, 0.05) is 31.7 Å². The molecule has 1 saturated heterocycles. The molecule has 0 spiro atoms. The third-order valence-electron chi connectivity index (χ3n) is 4.11. The number of hydrogen-bond acceptors (Lipinski definition) is 4. The maximum atomic E-state index is 6.36. The van der Waals surface area contributed by atoms with E-state index in [1.807, 2.05) is 18.2 Å². The Balaban J connectivity index is 2.05. The van der Waals surface area contributed by atoms with Crippen LogP contribution >= 0.6 is 11.6 Å². The Morgan fingerprint density at radius 3 is 2.85 bits per heavy atom. The van der Waals surface area contributed by atoms with Crippen LogP contribution < -0.4 is 10.5 Å². The van der Waals surface area contributed by atoms with E-state index in [4.69, 9.17) is 22.1 Å². The highest BCUT2D eigenvalue weighted by Crippen LogP contribution is 2.29. The van der Waals surface area contributed by atoms with Crippen LogP contribution in [0.1, 0.15) is 18.0 Å². The van der Waals surface area contributed by atoms with Gasteiger partial charge < -0.3 is 20.3 Å². The highest BCUT2D eigenvalue weighted by atomic mass is 35.5. The van der Waals surface area contributed by atoms with Crippen molar-refractivity contribution in [2.45, 2.75) is 18.5 Å². The molecular formula is C15H24ClN3O. The molecule has 0 radical (unpaired) electrons. The molecule has 0 amide bonds. The fraction of sp³-hybridized carbons (Fsp3) is 0.600. The quantitative estimate of drug-likeness (QED) is 0.923. The van der Waals surface area contributed by atoms with E-state index in [-0.39, 0.29) is 6.04 Å². The van der Waals surface area contributed by atoms with Crippen molar-refractivity contribution in [1.82, 2.24) is 9.80 Å². The van der Waals surface area contributed by atoms with Crippen LogP contribution in [0.5, 0.6) is 5.75 Å². The Morgan fingerprint density at radius 2 is 2.15 bits per heavy atom. The van der Waals surface area contributed by atoms with Crippen LogP contribution in [0, 0.1) is 0 Å². The molecule has 0 bridgehead atoms. The number of rotatable bonds is 4. The number of piperazine rings is 1. The molecule has 1 aromatic rings. The van der Waals surface area contributed by atoms with Crippen LogP contribution in [0.3, 0.4) is 0 Å². The summed E-state index contributed by atoms with van der Waals surface area (Å²) < 4.78 is 5.26. The summed E-state index contributed by atoms with van der Waals surface area (Å²) >= 11 is 6.05. The van der Waals surface area contributed by atoms with Gasteiger partial charge in [-0.3, -0.25) is 0 Å². The second-order valence-corrected chi connectivity index (χ2v) is 6.04. The Hall–Kier alpha value is -0.810. The van der Waals surface area contributed by atoms with E-state index in [1.165, 1.54) is 0 Å². The van der Waals surface area contributed by atoms with Gasteiger partial charge in [-0.25, -0.2) is 0 Å². The monoisotopic (exact) mass is 297 g/mol. The van der Waals surface area contributed by atoms with Gasteiger partial charge in [-0.05, 0) is 38.2 Å². The molecule has 0 aromatic heterocycles. The van der Waals surface area contributed by atoms with Gasteiger partial charge in [0.05, 0.1) is 12.1 Å². The molecule has 0 aliphatic carbocycles. The third kappa shape index (κ3) is 3.64. The molecule has 1 fully saturated rings. The lowest BCUT2D eigenvalue weighted by Crippen LogP contribution is -2.50. The Morgan fingerprint density at radius 1 is 1.40 bits per heavy atom. The fourth-order valence-corrected chi connectivity index (χ4v) is 2.89. The number of hydrogen-bond donors (Lipinski definition) is 1. The van der Waals surface area contributed by atoms with E-state index >= 15 is 0 Å². The molecular weight excluding hydrogens is 274 g/mol. The molecule has 0 saturated carbocycles. The van der Waals surface area contributed by atoms with E-state index < -0.39 is 0 Å². The first-order valence-electron chi connectivity index (χ1n) is 6.99. The van der Waals surface area contributed by atoms with Crippen molar-refractivity contribution in [3.63, 3.8) is 0 Å². The Bertz CT molecular complexity index is 455. The average molecular weight is 298 g/mol. The van der Waals surface area contributed by atoms with Gasteiger partial charge >= 0.3 is 0 Å². The topological polar surface area (TPSA) is 41.7 Å². The second kappa shape index (κ2) is 6.76. The lowest BCUT2D eigenvalue weighted by Gasteiger charge is -2.38. The molecule has 2 rings (SSSR count). The zero-order chi connectivity index (χ0) is 14.7. The lowest BCUT2D eigenvalue weighted by atomic mass is 9.98. The number of nitrogens with zero attached hydrogens (tertiary/aromatic N) is 2. The maximum absolute atomic E-state index is 6.36. The summed E-state index contributed by atoms with van der Waals surface area (Å²) in [6, 6.07) is 6.28. The van der Waals surface area contributed by atoms with Crippen molar-refractivity contribution in [2.24, 2.45) is 5.73 Å². The number of ether oxygens (including phenoxy) is 1. The SMILES string of the molecule is COc1cc(C(N)CC2CN(C)CCN2C)ccc1Cl. The van der Waals surface area contributed by atoms with E-state index in [1.54, 1.807) is 7.11 Å². The van der Waals surface area contributed by atoms with Crippen molar-refractivity contribution in [3.8, 4) is 5.75 Å². The molecule has 2 N–H and O–H groups in total. The predicted octanol–water partition coefficient (Wildman–Crippen LogP) is 1.98. The van der Waals surface area contributed by atoms with Gasteiger partial charge in [0.25, 0.3) is 0 Å². The summed E-state index contributed by atoms with van der Waals surface area (Å²) in [6.45, 7) is 3.28. The smallest absolute Gasteiger partial charge is 0.137 e. The molecule has 1 aromatic carbocycles. The molecule has 4 nitrogen and oxygen atoms in total. The van der Waals surface area contributed by atoms with Gasteiger partial charge in [0.15, 0.2) is 0 Å². The molecule has 5 heteroatoms. The summed E-state index contributed by atoms with van der Waals surface area (Å²) in [4.78, 5) is 4.76. The first-order chi connectivity index (χ1) is 9.51. The van der Waals surface area contributed by atoms with Crippen LogP contribution in [0.2, 0.25) is 5.02 Å². The molecule has 2 atom stereocenters. The molecule has 20 heavy (non-hydrogen) atoms. The predicted molar refractivity (Wildman–Crippen MR) is 83.5 cm³/mol. The van der Waals surface area contributed by atoms with Crippen LogP contribution in [-0.4, -0.2) is 56.7 Å². The minimum Gasteiger partial charge on any atom is -0.495 e. The average Bonchev–Trinajstić information content (AvgIpc) is 2.43. The summed E-state index contributed by atoms with van der Waals surface area (Å²) in [5.74, 6) is 0.689. The fourth-order valence-electron chi connectivity index (χ4n) is 2.69. The summed E-state index contributed by atoms with van der Waals surface area (Å²) in [7, 11) is 5.96. The first-order valence-corrected chi connectivity index (χ1v) is 7.37. The highest BCUT2D eigenvalue weighted by Gasteiger charge is 2.24. The van der Waals surface area contributed by atoms with E-state index in [9.17, 15) is 0 Å². The zero-order valence-electron chi connectivity index (χ0n) is 12.5. The minimum absolute atomic E-state index is 0.000108. The lowest BCUT2D eigenvalue weighted by molar-refractivity contribution is 0.104. The number of halogens is 1. The van der Waals surface area contributed by atoms with Crippen molar-refractivity contribution < 1.29 is 4.74 Å². The number of likely N-dealkylation sites (N-methyl/N-ethyl adjacent to an activating group) is 2. The summed E-state index contributed by atoms with van der Waals surface area (Å²) in [6.07, 6.45) is 0.936. The van der Waals surface area contributed by atoms with Gasteiger partial charge in [-0.2, -0.15) is 0 Å². The summed E-state index contributed by atoms with van der Waals surface area (Å²) in [5.41, 5.74) is 7.44. The molecule has 1 aliphatic rings. The van der Waals surface area contributed by atoms with Gasteiger partial charge in [-0.15, -0.1) is 0 Å². The van der Waals surface area contributed by atoms with E-state index in [0.29, 0.717) is 16.8 Å². The third-order valence-corrected chi connectivity index (χ3v) is 4.42.